The van der Waals surface area contributed by atoms with Crippen LogP contribution in [-0.2, 0) is 40.4 Å². The highest BCUT2D eigenvalue weighted by Gasteiger charge is 2.40. The van der Waals surface area contributed by atoms with Gasteiger partial charge in [-0.2, -0.15) is 15.2 Å². The van der Waals surface area contributed by atoms with Gasteiger partial charge in [0.15, 0.2) is 0 Å². The summed E-state index contributed by atoms with van der Waals surface area (Å²) < 4.78 is 6.41. The van der Waals surface area contributed by atoms with Crippen molar-refractivity contribution < 1.29 is 28.7 Å². The zero-order valence-corrected chi connectivity index (χ0v) is 42.0. The Balaban J connectivity index is 0.847. The van der Waals surface area contributed by atoms with Gasteiger partial charge in [-0.25, -0.2) is 4.79 Å². The molecule has 1 unspecified atom stereocenters. The SMILES string of the molecule is C=C(CN(C(=O)NCc1ccc2c(c1)CN(C1CCC(=O)NC1=O)C2=O)c1cccc(Cl)c1)C(=O)N1CCN(c2nc(OC[C@@H]3CCCN3C)nc3c2CCN(c2cccc4cccc(Cl)c24)C3)C[C@@H]1CC#N. The summed E-state index contributed by atoms with van der Waals surface area (Å²) in [6.07, 6.45) is 3.22. The van der Waals surface area contributed by atoms with Crippen LogP contribution in [0.15, 0.2) is 91.0 Å². The highest BCUT2D eigenvalue weighted by Crippen LogP contribution is 2.38. The number of halogens is 2. The highest BCUT2D eigenvalue weighted by molar-refractivity contribution is 6.36. The van der Waals surface area contributed by atoms with E-state index in [1.54, 1.807) is 41.3 Å². The van der Waals surface area contributed by atoms with Crippen molar-refractivity contribution in [2.45, 2.75) is 76.3 Å². The van der Waals surface area contributed by atoms with E-state index in [0.29, 0.717) is 71.6 Å². The van der Waals surface area contributed by atoms with Crippen LogP contribution in [0.5, 0.6) is 6.01 Å². The van der Waals surface area contributed by atoms with E-state index >= 15 is 0 Å². The Morgan fingerprint density at radius 2 is 1.75 bits per heavy atom. The molecule has 4 aromatic carbocycles. The Morgan fingerprint density at radius 3 is 2.53 bits per heavy atom. The number of rotatable bonds is 13. The summed E-state index contributed by atoms with van der Waals surface area (Å²) in [7, 11) is 2.10. The fourth-order valence-electron chi connectivity index (χ4n) is 10.8. The fourth-order valence-corrected chi connectivity index (χ4v) is 11.3. The Hall–Kier alpha value is -7.26. The second-order valence-corrected chi connectivity index (χ2v) is 20.2. The lowest BCUT2D eigenvalue weighted by Crippen LogP contribution is -2.56. The molecule has 0 spiro atoms. The molecule has 0 saturated carbocycles. The first-order valence-corrected chi connectivity index (χ1v) is 25.4. The molecule has 0 aliphatic carbocycles. The first-order valence-electron chi connectivity index (χ1n) is 24.7. The summed E-state index contributed by atoms with van der Waals surface area (Å²) in [6.45, 7) is 7.93. The summed E-state index contributed by atoms with van der Waals surface area (Å²) >= 11 is 13.2. The molecule has 6 heterocycles. The number of hydrogen-bond donors (Lipinski definition) is 2. The summed E-state index contributed by atoms with van der Waals surface area (Å²) in [4.78, 5) is 87.8. The Kier molecular flexibility index (Phi) is 14.2. The zero-order chi connectivity index (χ0) is 50.9. The van der Waals surface area contributed by atoms with Gasteiger partial charge in [-0.05, 0) is 92.2 Å². The van der Waals surface area contributed by atoms with Crippen molar-refractivity contribution in [2.24, 2.45) is 0 Å². The van der Waals surface area contributed by atoms with Crippen LogP contribution in [0, 0.1) is 11.3 Å². The normalized spacial score (nSPS) is 19.9. The highest BCUT2D eigenvalue weighted by atomic mass is 35.5. The third-order valence-electron chi connectivity index (χ3n) is 14.7. The molecule has 3 atom stereocenters. The predicted octanol–water partition coefficient (Wildman–Crippen LogP) is 6.64. The molecule has 5 aliphatic rings. The van der Waals surface area contributed by atoms with Crippen molar-refractivity contribution in [1.82, 2.24) is 35.3 Å². The van der Waals surface area contributed by atoms with E-state index in [0.717, 1.165) is 52.9 Å². The van der Waals surface area contributed by atoms with Crippen LogP contribution in [-0.4, -0.2) is 125 Å². The third kappa shape index (κ3) is 10.2. The molecule has 0 bridgehead atoms. The molecule has 5 aromatic rings. The van der Waals surface area contributed by atoms with E-state index in [2.05, 4.69) is 63.2 Å². The van der Waals surface area contributed by atoms with Crippen molar-refractivity contribution in [2.75, 3.05) is 67.6 Å². The van der Waals surface area contributed by atoms with Gasteiger partial charge in [0.1, 0.15) is 18.5 Å². The second kappa shape index (κ2) is 21.1. The smallest absolute Gasteiger partial charge is 0.322 e. The standard InChI is InChI=1S/C54H55Cl2N11O6/c1-33(28-66(38-10-5-9-37(55)26-38)54(72)58-27-34-14-15-41-36(25-34)29-67(52(41)71)46-16-17-47(68)60-50(46)69)51(70)65-24-23-64(30-39(65)18-20-57)49-42-19-22-63(45-13-4-8-35-7-3-12-43(56)48(35)45)31-44(42)59-53(61-49)73-32-40-11-6-21-62(40)2/h3-5,7-10,12-15,25-26,39-40,46H,1,6,11,16-19,21-24,27-32H2,2H3,(H,58,72)(H,60,68,69)/t39-,40-,46?/m0/s1. The van der Waals surface area contributed by atoms with Crippen LogP contribution in [0.25, 0.3) is 10.8 Å². The molecule has 6 amide bonds. The Morgan fingerprint density at radius 1 is 0.932 bits per heavy atom. The minimum atomic E-state index is -0.747. The van der Waals surface area contributed by atoms with Gasteiger partial charge >= 0.3 is 12.0 Å². The Bertz CT molecular complexity index is 3090. The van der Waals surface area contributed by atoms with Crippen molar-refractivity contribution >= 4 is 80.8 Å². The number of urea groups is 1. The summed E-state index contributed by atoms with van der Waals surface area (Å²) in [5.74, 6) is -0.798. The number of carbonyl (C=O) groups is 5. The van der Waals surface area contributed by atoms with Gasteiger partial charge in [0.05, 0.1) is 42.3 Å². The van der Waals surface area contributed by atoms with Gasteiger partial charge in [-0.3, -0.25) is 29.4 Å². The number of anilines is 3. The number of hydrogen-bond acceptors (Lipinski definition) is 12. The number of benzene rings is 4. The molecular formula is C54H55Cl2N11O6. The quantitative estimate of drug-likeness (QED) is 0.0948. The molecule has 0 radical (unpaired) electrons. The number of piperazine rings is 1. The van der Waals surface area contributed by atoms with Crippen LogP contribution in [0.4, 0.5) is 22.0 Å². The lowest BCUT2D eigenvalue weighted by atomic mass is 10.0. The molecule has 376 valence electrons. The molecule has 3 fully saturated rings. The number of imide groups is 1. The fraction of sp³-hybridized carbons (Fsp3) is 0.370. The van der Waals surface area contributed by atoms with E-state index < -0.39 is 24.0 Å². The molecule has 1 aromatic heterocycles. The van der Waals surface area contributed by atoms with E-state index in [1.807, 2.05) is 24.3 Å². The average Bonchev–Trinajstić information content (AvgIpc) is 3.96. The number of piperidine rings is 1. The molecule has 5 aliphatic heterocycles. The summed E-state index contributed by atoms with van der Waals surface area (Å²) in [6, 6.07) is 25.1. The Labute approximate surface area is 433 Å². The maximum atomic E-state index is 14.6. The number of nitrogens with one attached hydrogen (secondary N) is 2. The largest absolute Gasteiger partial charge is 0.462 e. The number of likely N-dealkylation sites (N-methyl/N-ethyl adjacent to an activating group) is 1. The summed E-state index contributed by atoms with van der Waals surface area (Å²) in [5.41, 5.74) is 5.31. The number of aromatic nitrogens is 2. The van der Waals surface area contributed by atoms with Gasteiger partial charge in [-0.1, -0.05) is 72.2 Å². The number of ether oxygens (including phenoxy) is 1. The first kappa shape index (κ1) is 49.3. The number of amides is 6. The van der Waals surface area contributed by atoms with Crippen molar-refractivity contribution in [3.63, 3.8) is 0 Å². The van der Waals surface area contributed by atoms with Crippen molar-refractivity contribution in [3.8, 4) is 12.1 Å². The van der Waals surface area contributed by atoms with E-state index in [4.69, 9.17) is 37.9 Å². The van der Waals surface area contributed by atoms with E-state index in [1.165, 1.54) is 9.80 Å². The van der Waals surface area contributed by atoms with Gasteiger partial charge in [0.2, 0.25) is 11.8 Å². The van der Waals surface area contributed by atoms with Crippen LogP contribution in [0.1, 0.15) is 64.8 Å². The predicted molar refractivity (Wildman–Crippen MR) is 277 cm³/mol. The number of carbonyl (C=O) groups excluding carboxylic acids is 5. The number of likely N-dealkylation sites (tertiary alicyclic amines) is 1. The number of nitriles is 1. The van der Waals surface area contributed by atoms with Gasteiger partial charge in [0, 0.05) is 90.2 Å². The molecule has 2 N–H and O–H groups in total. The average molecular weight is 1030 g/mol. The van der Waals surface area contributed by atoms with Crippen molar-refractivity contribution in [1.29, 1.82) is 5.26 Å². The van der Waals surface area contributed by atoms with Crippen LogP contribution in [0.3, 0.4) is 0 Å². The van der Waals surface area contributed by atoms with E-state index in [9.17, 15) is 29.2 Å². The molecular weight excluding hydrogens is 970 g/mol. The monoisotopic (exact) mass is 1020 g/mol. The maximum Gasteiger partial charge on any atom is 0.322 e. The minimum Gasteiger partial charge on any atom is -0.462 e. The van der Waals surface area contributed by atoms with Gasteiger partial charge in [-0.15, -0.1) is 0 Å². The van der Waals surface area contributed by atoms with Gasteiger partial charge < -0.3 is 34.6 Å². The number of fused-ring (bicyclic) bond motifs is 3. The zero-order valence-electron chi connectivity index (χ0n) is 40.5. The number of nitrogens with zero attached hydrogens (tertiary/aromatic N) is 9. The molecule has 3 saturated heterocycles. The molecule has 73 heavy (non-hydrogen) atoms. The van der Waals surface area contributed by atoms with Crippen molar-refractivity contribution in [3.05, 3.63) is 129 Å². The van der Waals surface area contributed by atoms with Crippen LogP contribution < -0.4 is 30.1 Å². The molecule has 10 rings (SSSR count). The lowest BCUT2D eigenvalue weighted by Gasteiger charge is -2.43. The molecule has 19 heteroatoms. The minimum absolute atomic E-state index is 0.0476. The maximum absolute atomic E-state index is 14.6. The van der Waals surface area contributed by atoms with Crippen LogP contribution >= 0.6 is 23.2 Å². The summed E-state index contributed by atoms with van der Waals surface area (Å²) in [5, 5.41) is 18.6. The second-order valence-electron chi connectivity index (χ2n) is 19.3. The lowest BCUT2D eigenvalue weighted by molar-refractivity contribution is -0.137. The third-order valence-corrected chi connectivity index (χ3v) is 15.2. The topological polar surface area (TPSA) is 188 Å². The van der Waals surface area contributed by atoms with Gasteiger partial charge in [0.25, 0.3) is 11.8 Å². The van der Waals surface area contributed by atoms with Crippen LogP contribution in [0.2, 0.25) is 10.0 Å². The molecule has 17 nitrogen and oxygen atoms in total. The first-order chi connectivity index (χ1) is 35.3. The van der Waals surface area contributed by atoms with E-state index in [-0.39, 0.29) is 80.8 Å².